The summed E-state index contributed by atoms with van der Waals surface area (Å²) in [6.07, 6.45) is 5.33. The van der Waals surface area contributed by atoms with E-state index in [1.54, 1.807) is 6.92 Å². The smallest absolute Gasteiger partial charge is 0.268 e. The molecular formula is C9H17O5PS. The van der Waals surface area contributed by atoms with Crippen LogP contribution in [0.4, 0.5) is 0 Å². The van der Waals surface area contributed by atoms with Gasteiger partial charge in [0.2, 0.25) is 0 Å². The van der Waals surface area contributed by atoms with Crippen molar-refractivity contribution in [2.45, 2.75) is 13.3 Å². The van der Waals surface area contributed by atoms with Gasteiger partial charge in [0, 0.05) is 12.8 Å². The molecule has 0 N–H and O–H groups in total. The lowest BCUT2D eigenvalue weighted by molar-refractivity contribution is 0.336. The molecule has 0 aliphatic carbocycles. The normalized spacial score (nSPS) is 15.3. The molecule has 94 valence electrons. The van der Waals surface area contributed by atoms with E-state index in [1.807, 2.05) is 0 Å². The van der Waals surface area contributed by atoms with E-state index in [2.05, 4.69) is 10.1 Å². The first kappa shape index (κ1) is 15.7. The highest BCUT2D eigenvalue weighted by Crippen LogP contribution is 2.42. The molecule has 7 heteroatoms. The molecule has 1 atom stereocenters. The molecule has 0 heterocycles. The van der Waals surface area contributed by atoms with Crippen molar-refractivity contribution in [2.75, 3.05) is 31.8 Å². The first-order valence-electron chi connectivity index (χ1n) is 4.84. The number of terminal acetylenes is 1. The molecule has 0 spiro atoms. The van der Waals surface area contributed by atoms with Crippen LogP contribution in [0.2, 0.25) is 0 Å². The maximum Gasteiger partial charge on any atom is 0.268 e. The summed E-state index contributed by atoms with van der Waals surface area (Å²) in [5, 5.41) is 0. The predicted octanol–water partition coefficient (Wildman–Crippen LogP) is 1.30. The van der Waals surface area contributed by atoms with Gasteiger partial charge in [-0.1, -0.05) is 5.92 Å². The summed E-state index contributed by atoms with van der Waals surface area (Å²) in [6, 6.07) is 0. The molecule has 0 radical (unpaired) electrons. The lowest BCUT2D eigenvalue weighted by Gasteiger charge is -2.11. The summed E-state index contributed by atoms with van der Waals surface area (Å²) in [7, 11) is -6.27. The van der Waals surface area contributed by atoms with E-state index in [-0.39, 0.29) is 24.9 Å². The van der Waals surface area contributed by atoms with Crippen molar-refractivity contribution in [3.8, 4) is 12.3 Å². The maximum absolute atomic E-state index is 11.6. The van der Waals surface area contributed by atoms with Crippen molar-refractivity contribution in [2.24, 2.45) is 0 Å². The van der Waals surface area contributed by atoms with Crippen molar-refractivity contribution < 1.29 is 21.7 Å². The van der Waals surface area contributed by atoms with Gasteiger partial charge in [0.15, 0.2) is 7.37 Å². The molecule has 0 aromatic rings. The zero-order chi connectivity index (χ0) is 12.7. The second kappa shape index (κ2) is 7.08. The summed E-state index contributed by atoms with van der Waals surface area (Å²) >= 11 is 0. The first-order valence-corrected chi connectivity index (χ1v) is 8.68. The van der Waals surface area contributed by atoms with Gasteiger partial charge in [0.05, 0.1) is 12.4 Å². The molecule has 0 aliphatic rings. The third-order valence-corrected chi connectivity index (χ3v) is 4.88. The molecule has 0 amide bonds. The van der Waals surface area contributed by atoms with Crippen molar-refractivity contribution >= 4 is 17.5 Å². The number of hydrogen-bond donors (Lipinski definition) is 0. The summed E-state index contributed by atoms with van der Waals surface area (Å²) in [6.45, 7) is 3.32. The quantitative estimate of drug-likeness (QED) is 0.377. The molecule has 0 aromatic carbocycles. The Labute approximate surface area is 97.1 Å². The molecule has 0 bridgehead atoms. The lowest BCUT2D eigenvalue weighted by atomic mass is 10.6. The van der Waals surface area contributed by atoms with Crippen LogP contribution in [0.25, 0.3) is 0 Å². The monoisotopic (exact) mass is 268 g/mol. The average molecular weight is 268 g/mol. The Balaban J connectivity index is 3.99. The third-order valence-electron chi connectivity index (χ3n) is 1.68. The summed E-state index contributed by atoms with van der Waals surface area (Å²) in [5.41, 5.74) is 0. The van der Waals surface area contributed by atoms with Crippen LogP contribution in [0.3, 0.4) is 0 Å². The molecular weight excluding hydrogens is 251 g/mol. The van der Waals surface area contributed by atoms with Gasteiger partial charge in [-0.2, -0.15) is 8.42 Å². The van der Waals surface area contributed by atoms with Gasteiger partial charge in [-0.3, -0.25) is 8.75 Å². The Morgan fingerprint density at radius 1 is 1.44 bits per heavy atom. The minimum Gasteiger partial charge on any atom is -0.329 e. The van der Waals surface area contributed by atoms with E-state index in [0.29, 0.717) is 6.61 Å². The zero-order valence-corrected chi connectivity index (χ0v) is 11.2. The van der Waals surface area contributed by atoms with E-state index < -0.39 is 17.5 Å². The Bertz CT molecular complexity index is 381. The lowest BCUT2D eigenvalue weighted by Crippen LogP contribution is -2.12. The van der Waals surface area contributed by atoms with Crippen molar-refractivity contribution in [1.82, 2.24) is 0 Å². The van der Waals surface area contributed by atoms with Gasteiger partial charge in [0.25, 0.3) is 10.1 Å². The fraction of sp³-hybridized carbons (Fsp3) is 0.778. The fourth-order valence-corrected chi connectivity index (χ4v) is 3.53. The van der Waals surface area contributed by atoms with Crippen LogP contribution in [0.15, 0.2) is 0 Å². The van der Waals surface area contributed by atoms with Crippen LogP contribution in [-0.4, -0.2) is 40.2 Å². The van der Waals surface area contributed by atoms with E-state index in [4.69, 9.17) is 10.9 Å². The number of hydrogen-bond acceptors (Lipinski definition) is 5. The van der Waals surface area contributed by atoms with Crippen LogP contribution < -0.4 is 0 Å². The van der Waals surface area contributed by atoms with E-state index in [9.17, 15) is 13.0 Å². The highest BCUT2D eigenvalue weighted by Gasteiger charge is 2.17. The third kappa shape index (κ3) is 7.89. The predicted molar refractivity (Wildman–Crippen MR) is 63.2 cm³/mol. The second-order valence-corrected chi connectivity index (χ2v) is 7.73. The Morgan fingerprint density at radius 2 is 2.06 bits per heavy atom. The molecule has 5 nitrogen and oxygen atoms in total. The second-order valence-electron chi connectivity index (χ2n) is 3.24. The Kier molecular flexibility index (Phi) is 6.93. The van der Waals surface area contributed by atoms with Crippen LogP contribution in [0.5, 0.6) is 0 Å². The summed E-state index contributed by atoms with van der Waals surface area (Å²) in [5.74, 6) is 1.88. The van der Waals surface area contributed by atoms with E-state index in [0.717, 1.165) is 0 Å². The maximum atomic E-state index is 11.6. The van der Waals surface area contributed by atoms with E-state index >= 15 is 0 Å². The molecule has 0 rings (SSSR count). The van der Waals surface area contributed by atoms with Crippen molar-refractivity contribution in [1.29, 1.82) is 0 Å². The Morgan fingerprint density at radius 3 is 2.56 bits per heavy atom. The molecule has 0 fully saturated rings. The summed E-state index contributed by atoms with van der Waals surface area (Å²) in [4.78, 5) is 0. The SMILES string of the molecule is C#CCOS(=O)(=O)CCCP(C)(=O)OCC. The molecule has 0 saturated carbocycles. The molecule has 0 saturated heterocycles. The molecule has 16 heavy (non-hydrogen) atoms. The number of rotatable bonds is 8. The van der Waals surface area contributed by atoms with Gasteiger partial charge in [-0.15, -0.1) is 6.42 Å². The van der Waals surface area contributed by atoms with Crippen molar-refractivity contribution in [3.63, 3.8) is 0 Å². The minimum absolute atomic E-state index is 0.195. The minimum atomic E-state index is -3.60. The standard InChI is InChI=1S/C9H17O5PS/c1-4-7-14-16(11,12)9-6-8-15(3,10)13-5-2/h1H,5-9H2,2-3H3. The van der Waals surface area contributed by atoms with Gasteiger partial charge < -0.3 is 4.52 Å². The van der Waals surface area contributed by atoms with Crippen molar-refractivity contribution in [3.05, 3.63) is 0 Å². The summed E-state index contributed by atoms with van der Waals surface area (Å²) < 4.78 is 43.5. The van der Waals surface area contributed by atoms with Gasteiger partial charge in [-0.25, -0.2) is 0 Å². The van der Waals surface area contributed by atoms with Crippen LogP contribution in [-0.2, 0) is 23.4 Å². The van der Waals surface area contributed by atoms with Crippen LogP contribution >= 0.6 is 7.37 Å². The molecule has 1 unspecified atom stereocenters. The first-order chi connectivity index (χ1) is 7.33. The highest BCUT2D eigenvalue weighted by atomic mass is 32.2. The average Bonchev–Trinajstić information content (AvgIpc) is 2.14. The highest BCUT2D eigenvalue weighted by molar-refractivity contribution is 7.86. The largest absolute Gasteiger partial charge is 0.329 e. The Hall–Kier alpha value is -0.340. The fourth-order valence-electron chi connectivity index (χ4n) is 1.05. The molecule has 0 aliphatic heterocycles. The van der Waals surface area contributed by atoms with Crippen LogP contribution in [0, 0.1) is 12.3 Å². The topological polar surface area (TPSA) is 69.7 Å². The van der Waals surface area contributed by atoms with Gasteiger partial charge in [0.1, 0.15) is 6.61 Å². The molecule has 0 aromatic heterocycles. The zero-order valence-electron chi connectivity index (χ0n) is 9.51. The van der Waals surface area contributed by atoms with Gasteiger partial charge >= 0.3 is 0 Å². The van der Waals surface area contributed by atoms with E-state index in [1.165, 1.54) is 6.66 Å². The van der Waals surface area contributed by atoms with Gasteiger partial charge in [-0.05, 0) is 13.3 Å². The van der Waals surface area contributed by atoms with Crippen LogP contribution in [0.1, 0.15) is 13.3 Å².